The fourth-order valence-electron chi connectivity index (χ4n) is 4.26. The van der Waals surface area contributed by atoms with Crippen LogP contribution in [-0.2, 0) is 21.1 Å². The summed E-state index contributed by atoms with van der Waals surface area (Å²) in [6.45, 7) is 0. The number of sulfone groups is 1. The number of nitrogens with one attached hydrogen (secondary N) is 3. The van der Waals surface area contributed by atoms with Crippen LogP contribution in [0.2, 0.25) is 0 Å². The van der Waals surface area contributed by atoms with Crippen molar-refractivity contribution in [1.29, 1.82) is 0 Å². The SMILES string of the molecule is O=C(Nc1ccccc1S(=O)(=O)c1ccccc1)N[C@@H](Cc1ccc(Nc2nccc3cnccc23)cc1)C(=O)O. The predicted molar refractivity (Wildman–Crippen MR) is 155 cm³/mol. The average Bonchev–Trinajstić information content (AvgIpc) is 2.98. The zero-order chi connectivity index (χ0) is 28.8. The molecule has 1 atom stereocenters. The lowest BCUT2D eigenvalue weighted by Gasteiger charge is -2.17. The number of carbonyl (C=O) groups excluding carboxylic acids is 1. The van der Waals surface area contributed by atoms with Crippen molar-refractivity contribution in [1.82, 2.24) is 15.3 Å². The summed E-state index contributed by atoms with van der Waals surface area (Å²) in [5, 5.41) is 19.8. The first kappa shape index (κ1) is 27.3. The Balaban J connectivity index is 1.26. The van der Waals surface area contributed by atoms with Gasteiger partial charge in [0.2, 0.25) is 9.84 Å². The summed E-state index contributed by atoms with van der Waals surface area (Å²) in [7, 11) is -3.92. The van der Waals surface area contributed by atoms with E-state index in [0.717, 1.165) is 16.5 Å². The van der Waals surface area contributed by atoms with Gasteiger partial charge in [-0.25, -0.2) is 23.0 Å². The van der Waals surface area contributed by atoms with Crippen LogP contribution in [-0.4, -0.2) is 41.5 Å². The molecule has 11 heteroatoms. The van der Waals surface area contributed by atoms with Gasteiger partial charge in [-0.2, -0.15) is 0 Å². The number of aromatic nitrogens is 2. The van der Waals surface area contributed by atoms with Crippen molar-refractivity contribution in [2.24, 2.45) is 0 Å². The van der Waals surface area contributed by atoms with Gasteiger partial charge in [0.25, 0.3) is 0 Å². The predicted octanol–water partition coefficient (Wildman–Crippen LogP) is 5.02. The molecule has 10 nitrogen and oxygen atoms in total. The maximum atomic E-state index is 13.1. The van der Waals surface area contributed by atoms with Crippen LogP contribution in [0, 0.1) is 0 Å². The van der Waals surface area contributed by atoms with Crippen molar-refractivity contribution >= 4 is 49.8 Å². The van der Waals surface area contributed by atoms with Crippen LogP contribution < -0.4 is 16.0 Å². The number of hydrogen-bond donors (Lipinski definition) is 4. The van der Waals surface area contributed by atoms with Crippen molar-refractivity contribution in [2.45, 2.75) is 22.3 Å². The average molecular weight is 568 g/mol. The summed E-state index contributed by atoms with van der Waals surface area (Å²) < 4.78 is 26.3. The quantitative estimate of drug-likeness (QED) is 0.194. The molecule has 5 aromatic rings. The Bertz CT molecular complexity index is 1810. The number of carbonyl (C=O) groups is 2. The molecule has 206 valence electrons. The first-order valence-corrected chi connectivity index (χ1v) is 14.0. The van der Waals surface area contributed by atoms with Crippen LogP contribution in [0.25, 0.3) is 10.8 Å². The molecule has 0 fully saturated rings. The minimum Gasteiger partial charge on any atom is -0.480 e. The molecule has 0 radical (unpaired) electrons. The van der Waals surface area contributed by atoms with Gasteiger partial charge in [-0.3, -0.25) is 4.98 Å². The van der Waals surface area contributed by atoms with Gasteiger partial charge in [0.15, 0.2) is 0 Å². The lowest BCUT2D eigenvalue weighted by Crippen LogP contribution is -2.44. The molecular weight excluding hydrogens is 542 g/mol. The van der Waals surface area contributed by atoms with Gasteiger partial charge in [0.1, 0.15) is 11.9 Å². The van der Waals surface area contributed by atoms with Crippen LogP contribution in [0.4, 0.5) is 22.0 Å². The molecule has 2 aromatic heterocycles. The molecule has 0 bridgehead atoms. The first-order valence-electron chi connectivity index (χ1n) is 12.6. The number of para-hydroxylation sites is 1. The Hall–Kier alpha value is -5.29. The van der Waals surface area contributed by atoms with Gasteiger partial charge < -0.3 is 21.1 Å². The Kier molecular flexibility index (Phi) is 7.88. The van der Waals surface area contributed by atoms with Crippen LogP contribution in [0.15, 0.2) is 119 Å². The first-order chi connectivity index (χ1) is 19.8. The number of carboxylic acid groups (broad SMARTS) is 1. The number of hydrogen-bond acceptors (Lipinski definition) is 7. The highest BCUT2D eigenvalue weighted by Crippen LogP contribution is 2.28. The smallest absolute Gasteiger partial charge is 0.326 e. The van der Waals surface area contributed by atoms with E-state index in [1.807, 2.05) is 12.1 Å². The van der Waals surface area contributed by atoms with E-state index in [4.69, 9.17) is 0 Å². The highest BCUT2D eigenvalue weighted by molar-refractivity contribution is 7.91. The number of anilines is 3. The molecule has 0 saturated carbocycles. The zero-order valence-corrected chi connectivity index (χ0v) is 22.4. The minimum absolute atomic E-state index is 0.00514. The summed E-state index contributed by atoms with van der Waals surface area (Å²) in [6.07, 6.45) is 5.13. The second-order valence-corrected chi connectivity index (χ2v) is 11.0. The van der Waals surface area contributed by atoms with Gasteiger partial charge in [0, 0.05) is 41.5 Å². The van der Waals surface area contributed by atoms with Crippen LogP contribution in [0.3, 0.4) is 0 Å². The molecule has 5 rings (SSSR count). The molecule has 41 heavy (non-hydrogen) atoms. The number of pyridine rings is 2. The molecule has 4 N–H and O–H groups in total. The van der Waals surface area contributed by atoms with Crippen LogP contribution in [0.1, 0.15) is 5.56 Å². The van der Waals surface area contributed by atoms with Crippen molar-refractivity contribution in [3.63, 3.8) is 0 Å². The number of fused-ring (bicyclic) bond motifs is 1. The molecule has 0 aliphatic heterocycles. The van der Waals surface area contributed by atoms with Gasteiger partial charge in [-0.05, 0) is 54.1 Å². The van der Waals surface area contributed by atoms with Crippen molar-refractivity contribution in [3.8, 4) is 0 Å². The van der Waals surface area contributed by atoms with Gasteiger partial charge in [0.05, 0.1) is 15.5 Å². The second-order valence-electron chi connectivity index (χ2n) is 9.08. The monoisotopic (exact) mass is 567 g/mol. The maximum Gasteiger partial charge on any atom is 0.326 e. The summed E-state index contributed by atoms with van der Waals surface area (Å²) in [6, 6.07) is 22.5. The number of aliphatic carboxylic acids is 1. The summed E-state index contributed by atoms with van der Waals surface area (Å²) in [4.78, 5) is 33.3. The molecule has 0 aliphatic rings. The Morgan fingerprint density at radius 1 is 0.854 bits per heavy atom. The highest BCUT2D eigenvalue weighted by atomic mass is 32.2. The van der Waals surface area contributed by atoms with E-state index in [2.05, 4.69) is 25.9 Å². The van der Waals surface area contributed by atoms with Crippen molar-refractivity contribution in [3.05, 3.63) is 115 Å². The maximum absolute atomic E-state index is 13.1. The standard InChI is InChI=1S/C30H25N5O5S/c36-29(37)26(18-20-10-12-22(13-11-20)33-28-24-15-16-31-19-21(24)14-17-32-28)35-30(38)34-25-8-4-5-9-27(25)41(39,40)23-6-2-1-3-7-23/h1-17,19,26H,18H2,(H,32,33)(H,36,37)(H2,34,35,38)/t26-/m0/s1. The number of amides is 2. The Morgan fingerprint density at radius 3 is 2.34 bits per heavy atom. The van der Waals surface area contributed by atoms with E-state index < -0.39 is 27.9 Å². The molecule has 0 unspecified atom stereocenters. The van der Waals surface area contributed by atoms with Crippen molar-refractivity contribution in [2.75, 3.05) is 10.6 Å². The molecule has 3 aromatic carbocycles. The topological polar surface area (TPSA) is 150 Å². The fourth-order valence-corrected chi connectivity index (χ4v) is 5.70. The lowest BCUT2D eigenvalue weighted by atomic mass is 10.1. The van der Waals surface area contributed by atoms with E-state index in [-0.39, 0.29) is 21.9 Å². The number of urea groups is 1. The third-order valence-electron chi connectivity index (χ3n) is 6.30. The molecule has 2 amide bonds. The molecule has 2 heterocycles. The zero-order valence-electron chi connectivity index (χ0n) is 21.6. The molecule has 0 spiro atoms. The highest BCUT2D eigenvalue weighted by Gasteiger charge is 2.24. The number of carboxylic acids is 1. The van der Waals surface area contributed by atoms with Crippen LogP contribution in [0.5, 0.6) is 0 Å². The van der Waals surface area contributed by atoms with Crippen molar-refractivity contribution < 1.29 is 23.1 Å². The van der Waals surface area contributed by atoms with E-state index in [1.54, 1.807) is 73.2 Å². The van der Waals surface area contributed by atoms with Gasteiger partial charge in [-0.1, -0.05) is 42.5 Å². The number of nitrogens with zero attached hydrogens (tertiary/aromatic N) is 2. The minimum atomic E-state index is -3.92. The summed E-state index contributed by atoms with van der Waals surface area (Å²) >= 11 is 0. The third-order valence-corrected chi connectivity index (χ3v) is 8.13. The van der Waals surface area contributed by atoms with E-state index in [0.29, 0.717) is 11.4 Å². The molecule has 0 aliphatic carbocycles. The van der Waals surface area contributed by atoms with E-state index >= 15 is 0 Å². The third kappa shape index (κ3) is 6.31. The van der Waals surface area contributed by atoms with E-state index in [9.17, 15) is 23.1 Å². The summed E-state index contributed by atoms with van der Waals surface area (Å²) in [5.74, 6) is -0.574. The Labute approximate surface area is 236 Å². The lowest BCUT2D eigenvalue weighted by molar-refractivity contribution is -0.139. The molecular formula is C30H25N5O5S. The van der Waals surface area contributed by atoms with Crippen LogP contribution >= 0.6 is 0 Å². The Morgan fingerprint density at radius 2 is 1.59 bits per heavy atom. The molecule has 0 saturated heterocycles. The summed E-state index contributed by atoms with van der Waals surface area (Å²) in [5.41, 5.74) is 1.45. The fraction of sp³-hybridized carbons (Fsp3) is 0.0667. The number of benzene rings is 3. The number of rotatable bonds is 9. The largest absolute Gasteiger partial charge is 0.480 e. The second kappa shape index (κ2) is 11.8. The van der Waals surface area contributed by atoms with Gasteiger partial charge in [-0.15, -0.1) is 0 Å². The van der Waals surface area contributed by atoms with E-state index in [1.165, 1.54) is 24.3 Å². The normalized spacial score (nSPS) is 11.9. The van der Waals surface area contributed by atoms with Gasteiger partial charge >= 0.3 is 12.0 Å².